The molecular weight excluding hydrogens is 438 g/mol. The number of anilines is 3. The van der Waals surface area contributed by atoms with E-state index in [0.717, 1.165) is 50.4 Å². The Bertz CT molecular complexity index is 1370. The molecule has 0 radical (unpaired) electrons. The number of rotatable bonds is 5. The Kier molecular flexibility index (Phi) is 6.35. The molecule has 35 heavy (non-hydrogen) atoms. The Morgan fingerprint density at radius 2 is 0.914 bits per heavy atom. The van der Waals surface area contributed by atoms with Gasteiger partial charge in [0, 0.05) is 11.4 Å². The second-order valence-corrected chi connectivity index (χ2v) is 8.95. The van der Waals surface area contributed by atoms with Crippen molar-refractivity contribution in [2.45, 2.75) is 41.5 Å². The normalized spacial score (nSPS) is 10.9. The average Bonchev–Trinajstić information content (AvgIpc) is 2.85. The van der Waals surface area contributed by atoms with Crippen molar-refractivity contribution in [3.8, 4) is 28.7 Å². The number of nitrogens with zero attached hydrogens (tertiary/aromatic N) is 1. The molecule has 5 nitrogen and oxygen atoms in total. The molecule has 4 aromatic carbocycles. The summed E-state index contributed by atoms with van der Waals surface area (Å²) in [6.07, 6.45) is 0. The molecule has 0 aliphatic rings. The second kappa shape index (κ2) is 9.26. The summed E-state index contributed by atoms with van der Waals surface area (Å²) in [4.78, 5) is 2.10. The van der Waals surface area contributed by atoms with E-state index in [0.29, 0.717) is 11.5 Å². The van der Waals surface area contributed by atoms with E-state index in [9.17, 15) is 15.3 Å². The van der Waals surface area contributed by atoms with E-state index >= 15 is 0 Å². The monoisotopic (exact) mass is 469 g/mol. The maximum absolute atomic E-state index is 10.3. The average molecular weight is 470 g/mol. The van der Waals surface area contributed by atoms with Crippen LogP contribution in [0.5, 0.6) is 28.7 Å². The van der Waals surface area contributed by atoms with Crippen molar-refractivity contribution < 1.29 is 20.1 Å². The molecule has 3 N–H and O–H groups in total. The smallest absolute Gasteiger partial charge is 0.151 e. The van der Waals surface area contributed by atoms with E-state index in [2.05, 4.69) is 4.90 Å². The summed E-state index contributed by atoms with van der Waals surface area (Å²) in [5.74, 6) is 2.00. The fourth-order valence-electron chi connectivity index (χ4n) is 4.20. The zero-order valence-corrected chi connectivity index (χ0v) is 21.0. The van der Waals surface area contributed by atoms with Crippen LogP contribution in [0.25, 0.3) is 0 Å². The van der Waals surface area contributed by atoms with Crippen LogP contribution in [-0.2, 0) is 0 Å². The van der Waals surface area contributed by atoms with Gasteiger partial charge in [-0.25, -0.2) is 0 Å². The molecule has 180 valence electrons. The molecule has 4 aromatic rings. The van der Waals surface area contributed by atoms with Gasteiger partial charge >= 0.3 is 0 Å². The van der Waals surface area contributed by atoms with Gasteiger partial charge in [-0.1, -0.05) is 12.1 Å². The van der Waals surface area contributed by atoms with E-state index in [1.54, 1.807) is 24.3 Å². The maximum Gasteiger partial charge on any atom is 0.151 e. The fraction of sp³-hybridized carbons (Fsp3) is 0.200. The lowest BCUT2D eigenvalue weighted by Crippen LogP contribution is -2.14. The molecule has 5 heteroatoms. The summed E-state index contributed by atoms with van der Waals surface area (Å²) in [5.41, 5.74) is 7.67. The van der Waals surface area contributed by atoms with Crippen molar-refractivity contribution in [1.29, 1.82) is 0 Å². The molecule has 0 spiro atoms. The van der Waals surface area contributed by atoms with Crippen molar-refractivity contribution in [2.24, 2.45) is 0 Å². The summed E-state index contributed by atoms with van der Waals surface area (Å²) < 4.78 is 6.44. The number of benzene rings is 4. The molecule has 0 saturated heterocycles. The van der Waals surface area contributed by atoms with E-state index in [4.69, 9.17) is 4.74 Å². The highest BCUT2D eigenvalue weighted by molar-refractivity contribution is 5.85. The van der Waals surface area contributed by atoms with Gasteiger partial charge in [-0.05, 0) is 123 Å². The third-order valence-corrected chi connectivity index (χ3v) is 6.98. The SMILES string of the molecule is Cc1c(O)ccc(Oc2ccccc2N(c2ccc(O)c(C)c2C)c2ccc(O)c(C)c2C)c1C. The predicted molar refractivity (Wildman–Crippen MR) is 141 cm³/mol. The van der Waals surface area contributed by atoms with Crippen LogP contribution in [0, 0.1) is 41.5 Å². The van der Waals surface area contributed by atoms with E-state index in [1.807, 2.05) is 77.9 Å². The lowest BCUT2D eigenvalue weighted by molar-refractivity contribution is 0.458. The first-order valence-corrected chi connectivity index (χ1v) is 11.6. The molecule has 0 heterocycles. The predicted octanol–water partition coefficient (Wildman–Crippen LogP) is 7.92. The highest BCUT2D eigenvalue weighted by atomic mass is 16.5. The van der Waals surface area contributed by atoms with Crippen molar-refractivity contribution in [3.05, 3.63) is 94.0 Å². The van der Waals surface area contributed by atoms with Gasteiger partial charge in [-0.3, -0.25) is 0 Å². The van der Waals surface area contributed by atoms with Crippen LogP contribution in [0.4, 0.5) is 17.1 Å². The van der Waals surface area contributed by atoms with Crippen LogP contribution in [-0.4, -0.2) is 15.3 Å². The van der Waals surface area contributed by atoms with Gasteiger partial charge in [0.25, 0.3) is 0 Å². The standard InChI is InChI=1S/C30H31NO4/c1-17-19(3)26(32)13-11-23(17)31(24-12-14-27(33)20(4)18(24)2)25-9-7-8-10-30(25)35-29-16-15-28(34)21(5)22(29)6/h7-16,32-34H,1-6H3. The van der Waals surface area contributed by atoms with Crippen LogP contribution < -0.4 is 9.64 Å². The first-order chi connectivity index (χ1) is 16.6. The number of para-hydroxylation sites is 2. The Morgan fingerprint density at radius 3 is 1.46 bits per heavy atom. The largest absolute Gasteiger partial charge is 0.508 e. The van der Waals surface area contributed by atoms with Crippen molar-refractivity contribution in [2.75, 3.05) is 4.90 Å². The van der Waals surface area contributed by atoms with Gasteiger partial charge in [0.15, 0.2) is 5.75 Å². The summed E-state index contributed by atoms with van der Waals surface area (Å²) in [6.45, 7) is 11.5. The van der Waals surface area contributed by atoms with Crippen molar-refractivity contribution in [3.63, 3.8) is 0 Å². The molecule has 0 atom stereocenters. The minimum Gasteiger partial charge on any atom is -0.508 e. The maximum atomic E-state index is 10.3. The first kappa shape index (κ1) is 24.0. The summed E-state index contributed by atoms with van der Waals surface area (Å²) in [5, 5.41) is 30.7. The molecule has 0 unspecified atom stereocenters. The topological polar surface area (TPSA) is 73.2 Å². The van der Waals surface area contributed by atoms with Crippen LogP contribution >= 0.6 is 0 Å². The number of phenolic OH excluding ortho intramolecular Hbond substituents is 3. The van der Waals surface area contributed by atoms with Crippen LogP contribution in [0.2, 0.25) is 0 Å². The highest BCUT2D eigenvalue weighted by Crippen LogP contribution is 2.46. The zero-order valence-electron chi connectivity index (χ0n) is 21.0. The van der Waals surface area contributed by atoms with Crippen LogP contribution in [0.1, 0.15) is 33.4 Å². The van der Waals surface area contributed by atoms with Crippen molar-refractivity contribution >= 4 is 17.1 Å². The fourth-order valence-corrected chi connectivity index (χ4v) is 4.20. The second-order valence-electron chi connectivity index (χ2n) is 8.95. The molecule has 4 rings (SSSR count). The van der Waals surface area contributed by atoms with Crippen LogP contribution in [0.3, 0.4) is 0 Å². The number of aromatic hydroxyl groups is 3. The van der Waals surface area contributed by atoms with Crippen LogP contribution in [0.15, 0.2) is 60.7 Å². The molecule has 0 bridgehead atoms. The first-order valence-electron chi connectivity index (χ1n) is 11.6. The van der Waals surface area contributed by atoms with Gasteiger partial charge in [0.1, 0.15) is 23.0 Å². The summed E-state index contributed by atoms with van der Waals surface area (Å²) in [7, 11) is 0. The highest BCUT2D eigenvalue weighted by Gasteiger charge is 2.23. The Morgan fingerprint density at radius 1 is 0.457 bits per heavy atom. The molecule has 0 fully saturated rings. The number of hydrogen-bond donors (Lipinski definition) is 3. The Hall–Kier alpha value is -4.12. The minimum absolute atomic E-state index is 0.232. The van der Waals surface area contributed by atoms with Gasteiger partial charge < -0.3 is 25.0 Å². The van der Waals surface area contributed by atoms with Gasteiger partial charge in [-0.2, -0.15) is 0 Å². The Balaban J connectivity index is 1.97. The lowest BCUT2D eigenvalue weighted by Gasteiger charge is -2.31. The van der Waals surface area contributed by atoms with E-state index in [1.165, 1.54) is 0 Å². The lowest BCUT2D eigenvalue weighted by atomic mass is 10.0. The Labute approximate surface area is 206 Å². The number of ether oxygens (including phenoxy) is 1. The molecule has 0 aromatic heterocycles. The van der Waals surface area contributed by atoms with Crippen molar-refractivity contribution in [1.82, 2.24) is 0 Å². The number of phenols is 3. The van der Waals surface area contributed by atoms with Gasteiger partial charge in [0.2, 0.25) is 0 Å². The molecule has 0 saturated carbocycles. The third kappa shape index (κ3) is 4.26. The van der Waals surface area contributed by atoms with Gasteiger partial charge in [0.05, 0.1) is 5.69 Å². The van der Waals surface area contributed by atoms with E-state index < -0.39 is 0 Å². The minimum atomic E-state index is 0.232. The summed E-state index contributed by atoms with van der Waals surface area (Å²) >= 11 is 0. The quantitative estimate of drug-likeness (QED) is 0.277. The molecule has 0 aliphatic heterocycles. The molecule has 0 aliphatic carbocycles. The number of hydrogen-bond acceptors (Lipinski definition) is 5. The zero-order chi connectivity index (χ0) is 25.4. The molecule has 0 amide bonds. The molecular formula is C30H31NO4. The van der Waals surface area contributed by atoms with Gasteiger partial charge in [-0.15, -0.1) is 0 Å². The summed E-state index contributed by atoms with van der Waals surface area (Å²) in [6, 6.07) is 18.4. The van der Waals surface area contributed by atoms with E-state index in [-0.39, 0.29) is 17.2 Å². The third-order valence-electron chi connectivity index (χ3n) is 6.98.